The fraction of sp³-hybridized carbons (Fsp3) is 0.250. The van der Waals surface area contributed by atoms with Gasteiger partial charge in [0, 0.05) is 11.7 Å². The molecule has 0 bridgehead atoms. The molecule has 0 aliphatic carbocycles. The second-order valence-corrected chi connectivity index (χ2v) is 5.81. The van der Waals surface area contributed by atoms with Gasteiger partial charge in [0.2, 0.25) is 0 Å². The molecule has 0 heterocycles. The number of anilines is 1. The molecule has 20 heavy (non-hydrogen) atoms. The zero-order valence-electron chi connectivity index (χ0n) is 11.4. The molecule has 1 N–H and O–H groups in total. The van der Waals surface area contributed by atoms with Gasteiger partial charge in [-0.3, -0.25) is 0 Å². The SMILES string of the molecule is Cc1cc(Br)c(F)cc1NC(C)Cc1ccc(F)cc1. The molecule has 106 valence electrons. The molecule has 0 saturated heterocycles. The van der Waals surface area contributed by atoms with Crippen molar-refractivity contribution in [2.45, 2.75) is 26.3 Å². The zero-order valence-corrected chi connectivity index (χ0v) is 13.0. The van der Waals surface area contributed by atoms with E-state index in [1.165, 1.54) is 18.2 Å². The predicted octanol–water partition coefficient (Wildman–Crippen LogP) is 5.08. The molecule has 2 rings (SSSR count). The van der Waals surface area contributed by atoms with E-state index in [0.717, 1.165) is 23.2 Å². The van der Waals surface area contributed by atoms with Crippen LogP contribution in [-0.2, 0) is 6.42 Å². The first-order valence-corrected chi connectivity index (χ1v) is 7.21. The smallest absolute Gasteiger partial charge is 0.139 e. The molecule has 0 saturated carbocycles. The minimum Gasteiger partial charge on any atom is -0.382 e. The Morgan fingerprint density at radius 3 is 2.45 bits per heavy atom. The van der Waals surface area contributed by atoms with Crippen LogP contribution in [0.5, 0.6) is 0 Å². The Morgan fingerprint density at radius 1 is 1.15 bits per heavy atom. The minimum absolute atomic E-state index is 0.125. The standard InChI is InChI=1S/C16H16BrF2N/c1-10-7-14(17)15(19)9-16(10)20-11(2)8-12-3-5-13(18)6-4-12/h3-7,9,11,20H,8H2,1-2H3. The predicted molar refractivity (Wildman–Crippen MR) is 82.0 cm³/mol. The Balaban J connectivity index is 2.06. The van der Waals surface area contributed by atoms with E-state index in [9.17, 15) is 8.78 Å². The van der Waals surface area contributed by atoms with E-state index >= 15 is 0 Å². The third kappa shape index (κ3) is 3.79. The molecule has 2 aromatic rings. The van der Waals surface area contributed by atoms with E-state index in [1.54, 1.807) is 18.2 Å². The highest BCUT2D eigenvalue weighted by Crippen LogP contribution is 2.24. The van der Waals surface area contributed by atoms with Gasteiger partial charge in [0.25, 0.3) is 0 Å². The third-order valence-corrected chi connectivity index (χ3v) is 3.73. The van der Waals surface area contributed by atoms with Gasteiger partial charge < -0.3 is 5.32 Å². The molecule has 0 aliphatic heterocycles. The van der Waals surface area contributed by atoms with Crippen molar-refractivity contribution in [1.29, 1.82) is 0 Å². The Labute approximate surface area is 126 Å². The lowest BCUT2D eigenvalue weighted by atomic mass is 10.1. The van der Waals surface area contributed by atoms with Gasteiger partial charge >= 0.3 is 0 Å². The maximum atomic E-state index is 13.6. The van der Waals surface area contributed by atoms with Gasteiger partial charge in [-0.05, 0) is 71.6 Å². The quantitative estimate of drug-likeness (QED) is 0.819. The zero-order chi connectivity index (χ0) is 14.7. The van der Waals surface area contributed by atoms with E-state index in [2.05, 4.69) is 21.2 Å². The van der Waals surface area contributed by atoms with Gasteiger partial charge in [0.05, 0.1) is 4.47 Å². The summed E-state index contributed by atoms with van der Waals surface area (Å²) in [6.07, 6.45) is 0.747. The summed E-state index contributed by atoms with van der Waals surface area (Å²) in [5, 5.41) is 3.29. The number of hydrogen-bond acceptors (Lipinski definition) is 1. The number of aryl methyl sites for hydroxylation is 1. The molecular weight excluding hydrogens is 324 g/mol. The van der Waals surface area contributed by atoms with Crippen LogP contribution in [0.4, 0.5) is 14.5 Å². The summed E-state index contributed by atoms with van der Waals surface area (Å²) in [6.45, 7) is 3.94. The van der Waals surface area contributed by atoms with E-state index in [-0.39, 0.29) is 17.7 Å². The Kier molecular flexibility index (Phi) is 4.76. The number of hydrogen-bond donors (Lipinski definition) is 1. The normalized spacial score (nSPS) is 12.2. The van der Waals surface area contributed by atoms with E-state index in [4.69, 9.17) is 0 Å². The number of benzene rings is 2. The van der Waals surface area contributed by atoms with Crippen molar-refractivity contribution >= 4 is 21.6 Å². The number of halogens is 3. The summed E-state index contributed by atoms with van der Waals surface area (Å²) in [7, 11) is 0. The number of rotatable bonds is 4. The maximum Gasteiger partial charge on any atom is 0.139 e. The van der Waals surface area contributed by atoms with Crippen LogP contribution >= 0.6 is 15.9 Å². The third-order valence-electron chi connectivity index (χ3n) is 3.12. The summed E-state index contributed by atoms with van der Waals surface area (Å²) in [5.74, 6) is -0.521. The van der Waals surface area contributed by atoms with E-state index in [0.29, 0.717) is 4.47 Å². The van der Waals surface area contributed by atoms with Crippen LogP contribution in [-0.4, -0.2) is 6.04 Å². The van der Waals surface area contributed by atoms with Crippen LogP contribution in [0, 0.1) is 18.6 Å². The highest BCUT2D eigenvalue weighted by molar-refractivity contribution is 9.10. The van der Waals surface area contributed by atoms with E-state index in [1.807, 2.05) is 13.8 Å². The number of nitrogens with one attached hydrogen (secondary N) is 1. The summed E-state index contributed by atoms with van der Waals surface area (Å²) in [4.78, 5) is 0. The van der Waals surface area contributed by atoms with Crippen LogP contribution in [0.3, 0.4) is 0 Å². The maximum absolute atomic E-state index is 13.6. The molecular formula is C16H16BrF2N. The molecule has 0 aliphatic rings. The first-order chi connectivity index (χ1) is 9.45. The Bertz CT molecular complexity index is 596. The lowest BCUT2D eigenvalue weighted by Crippen LogP contribution is -2.18. The lowest BCUT2D eigenvalue weighted by molar-refractivity contribution is 0.620. The topological polar surface area (TPSA) is 12.0 Å². The molecule has 1 unspecified atom stereocenters. The van der Waals surface area contributed by atoms with Gasteiger partial charge in [-0.1, -0.05) is 12.1 Å². The van der Waals surface area contributed by atoms with Crippen molar-refractivity contribution in [2.24, 2.45) is 0 Å². The van der Waals surface area contributed by atoms with Crippen molar-refractivity contribution in [3.05, 3.63) is 63.6 Å². The average Bonchev–Trinajstić information content (AvgIpc) is 2.39. The van der Waals surface area contributed by atoms with Crippen LogP contribution in [0.15, 0.2) is 40.9 Å². The fourth-order valence-corrected chi connectivity index (χ4v) is 2.55. The molecule has 0 aromatic heterocycles. The minimum atomic E-state index is -0.285. The summed E-state index contributed by atoms with van der Waals surface area (Å²) < 4.78 is 26.9. The fourth-order valence-electron chi connectivity index (χ4n) is 2.09. The van der Waals surface area contributed by atoms with Crippen molar-refractivity contribution in [2.75, 3.05) is 5.32 Å². The summed E-state index contributed by atoms with van der Waals surface area (Å²) in [5.41, 5.74) is 2.80. The van der Waals surface area contributed by atoms with Crippen molar-refractivity contribution in [3.8, 4) is 0 Å². The van der Waals surface area contributed by atoms with Crippen LogP contribution in [0.1, 0.15) is 18.1 Å². The van der Waals surface area contributed by atoms with Gasteiger partial charge in [-0.25, -0.2) is 8.78 Å². The molecule has 0 radical (unpaired) electrons. The molecule has 0 fully saturated rings. The van der Waals surface area contributed by atoms with Crippen LogP contribution in [0.2, 0.25) is 0 Å². The lowest BCUT2D eigenvalue weighted by Gasteiger charge is -2.17. The molecule has 0 amide bonds. The molecule has 1 nitrogen and oxygen atoms in total. The largest absolute Gasteiger partial charge is 0.382 e. The second-order valence-electron chi connectivity index (χ2n) is 4.96. The summed E-state index contributed by atoms with van der Waals surface area (Å²) in [6, 6.07) is 9.80. The van der Waals surface area contributed by atoms with Gasteiger partial charge in [-0.15, -0.1) is 0 Å². The van der Waals surface area contributed by atoms with Gasteiger partial charge in [0.15, 0.2) is 0 Å². The second kappa shape index (κ2) is 6.35. The molecule has 0 spiro atoms. The van der Waals surface area contributed by atoms with Gasteiger partial charge in [-0.2, -0.15) is 0 Å². The molecule has 4 heteroatoms. The van der Waals surface area contributed by atoms with E-state index < -0.39 is 0 Å². The highest BCUT2D eigenvalue weighted by Gasteiger charge is 2.09. The van der Waals surface area contributed by atoms with Gasteiger partial charge in [0.1, 0.15) is 11.6 Å². The van der Waals surface area contributed by atoms with Crippen molar-refractivity contribution in [3.63, 3.8) is 0 Å². The first-order valence-electron chi connectivity index (χ1n) is 6.42. The van der Waals surface area contributed by atoms with Crippen LogP contribution in [0.25, 0.3) is 0 Å². The Morgan fingerprint density at radius 2 is 1.80 bits per heavy atom. The Hall–Kier alpha value is -1.42. The van der Waals surface area contributed by atoms with Crippen molar-refractivity contribution < 1.29 is 8.78 Å². The van der Waals surface area contributed by atoms with Crippen LogP contribution < -0.4 is 5.32 Å². The molecule has 2 aromatic carbocycles. The highest BCUT2D eigenvalue weighted by atomic mass is 79.9. The summed E-state index contributed by atoms with van der Waals surface area (Å²) >= 11 is 3.17. The average molecular weight is 340 g/mol. The molecule has 1 atom stereocenters. The first kappa shape index (κ1) is 15.0. The van der Waals surface area contributed by atoms with Crippen molar-refractivity contribution in [1.82, 2.24) is 0 Å². The monoisotopic (exact) mass is 339 g/mol.